The summed E-state index contributed by atoms with van der Waals surface area (Å²) in [6.45, 7) is 0.638. The Morgan fingerprint density at radius 1 is 1.15 bits per heavy atom. The molecule has 0 bridgehead atoms. The fourth-order valence-electron chi connectivity index (χ4n) is 2.97. The monoisotopic (exact) mass is 275 g/mol. The van der Waals surface area contributed by atoms with Gasteiger partial charge in [-0.3, -0.25) is 0 Å². The number of nitrogens with two attached hydrogens (primary N) is 1. The van der Waals surface area contributed by atoms with Crippen LogP contribution in [0.3, 0.4) is 0 Å². The predicted octanol–water partition coefficient (Wildman–Crippen LogP) is 3.63. The number of rotatable bonds is 5. The summed E-state index contributed by atoms with van der Waals surface area (Å²) in [5, 5.41) is 0. The van der Waals surface area contributed by atoms with Crippen LogP contribution in [-0.4, -0.2) is 20.8 Å². The van der Waals surface area contributed by atoms with Crippen LogP contribution in [0.25, 0.3) is 6.08 Å². The number of ether oxygens (including phenoxy) is 2. The van der Waals surface area contributed by atoms with Crippen molar-refractivity contribution >= 4 is 6.08 Å². The third kappa shape index (κ3) is 3.54. The minimum atomic E-state index is 0.638. The Kier molecular flexibility index (Phi) is 5.48. The highest BCUT2D eigenvalue weighted by Crippen LogP contribution is 2.32. The molecule has 1 aromatic carbocycles. The van der Waals surface area contributed by atoms with E-state index in [1.165, 1.54) is 37.7 Å². The van der Waals surface area contributed by atoms with Crippen LogP contribution >= 0.6 is 0 Å². The first-order valence-corrected chi connectivity index (χ1v) is 7.41. The molecule has 0 saturated heterocycles. The van der Waals surface area contributed by atoms with Gasteiger partial charge in [0.2, 0.25) is 0 Å². The smallest absolute Gasteiger partial charge is 0.161 e. The van der Waals surface area contributed by atoms with E-state index >= 15 is 0 Å². The highest BCUT2D eigenvalue weighted by molar-refractivity contribution is 5.58. The summed E-state index contributed by atoms with van der Waals surface area (Å²) in [7, 11) is 3.32. The maximum Gasteiger partial charge on any atom is 0.161 e. The Bertz CT molecular complexity index is 462. The summed E-state index contributed by atoms with van der Waals surface area (Å²) in [5.74, 6) is 2.18. The molecule has 2 rings (SSSR count). The third-order valence-corrected chi connectivity index (χ3v) is 4.12. The Balaban J connectivity index is 2.22. The van der Waals surface area contributed by atoms with Gasteiger partial charge in [-0.25, -0.2) is 0 Å². The highest BCUT2D eigenvalue weighted by atomic mass is 16.5. The zero-order valence-electron chi connectivity index (χ0n) is 12.5. The van der Waals surface area contributed by atoms with Gasteiger partial charge in [0.15, 0.2) is 11.5 Å². The zero-order valence-corrected chi connectivity index (χ0v) is 12.5. The molecule has 0 heterocycles. The van der Waals surface area contributed by atoms with Gasteiger partial charge in [0, 0.05) is 6.54 Å². The van der Waals surface area contributed by atoms with Crippen molar-refractivity contribution in [2.45, 2.75) is 32.1 Å². The second-order valence-corrected chi connectivity index (χ2v) is 5.37. The van der Waals surface area contributed by atoms with Crippen LogP contribution in [-0.2, 0) is 0 Å². The van der Waals surface area contributed by atoms with E-state index in [1.807, 2.05) is 12.1 Å². The molecule has 3 heteroatoms. The molecule has 0 unspecified atom stereocenters. The van der Waals surface area contributed by atoms with Crippen molar-refractivity contribution in [3.63, 3.8) is 0 Å². The van der Waals surface area contributed by atoms with Crippen molar-refractivity contribution in [3.8, 4) is 11.5 Å². The van der Waals surface area contributed by atoms with E-state index in [-0.39, 0.29) is 0 Å². The molecule has 0 spiro atoms. The highest BCUT2D eigenvalue weighted by Gasteiger charge is 2.17. The lowest BCUT2D eigenvalue weighted by atomic mass is 9.83. The first-order valence-electron chi connectivity index (χ1n) is 7.41. The minimum absolute atomic E-state index is 0.638. The van der Waals surface area contributed by atoms with Gasteiger partial charge in [-0.15, -0.1) is 0 Å². The topological polar surface area (TPSA) is 44.5 Å². The SMILES string of the molecule is COc1ccc(/C=C(/CN)C2CCCCC2)cc1OC. The van der Waals surface area contributed by atoms with E-state index in [0.29, 0.717) is 12.5 Å². The number of hydrogen-bond donors (Lipinski definition) is 1. The number of benzene rings is 1. The average Bonchev–Trinajstić information content (AvgIpc) is 2.53. The number of hydrogen-bond acceptors (Lipinski definition) is 3. The Labute approximate surface area is 121 Å². The van der Waals surface area contributed by atoms with E-state index in [9.17, 15) is 0 Å². The van der Waals surface area contributed by atoms with Crippen molar-refractivity contribution in [3.05, 3.63) is 29.3 Å². The molecule has 0 radical (unpaired) electrons. The molecule has 1 aliphatic rings. The van der Waals surface area contributed by atoms with Crippen LogP contribution in [0.5, 0.6) is 11.5 Å². The lowest BCUT2D eigenvalue weighted by Gasteiger charge is -2.24. The summed E-state index contributed by atoms with van der Waals surface area (Å²) in [6.07, 6.45) is 8.79. The van der Waals surface area contributed by atoms with Crippen LogP contribution in [0.1, 0.15) is 37.7 Å². The largest absolute Gasteiger partial charge is 0.493 e. The van der Waals surface area contributed by atoms with Gasteiger partial charge in [-0.1, -0.05) is 37.0 Å². The maximum atomic E-state index is 5.95. The van der Waals surface area contributed by atoms with E-state index in [1.54, 1.807) is 14.2 Å². The van der Waals surface area contributed by atoms with Crippen molar-refractivity contribution in [1.82, 2.24) is 0 Å². The van der Waals surface area contributed by atoms with E-state index in [0.717, 1.165) is 17.1 Å². The van der Waals surface area contributed by atoms with Crippen LogP contribution in [0.2, 0.25) is 0 Å². The van der Waals surface area contributed by atoms with Crippen LogP contribution in [0.4, 0.5) is 0 Å². The van der Waals surface area contributed by atoms with E-state index in [4.69, 9.17) is 15.2 Å². The molecule has 1 fully saturated rings. The van der Waals surface area contributed by atoms with E-state index in [2.05, 4.69) is 12.1 Å². The molecular formula is C17H25NO2. The molecule has 0 aliphatic heterocycles. The first-order chi connectivity index (χ1) is 9.78. The maximum absolute atomic E-state index is 5.95. The van der Waals surface area contributed by atoms with E-state index < -0.39 is 0 Å². The fraction of sp³-hybridized carbons (Fsp3) is 0.529. The molecule has 0 amide bonds. The van der Waals surface area contributed by atoms with Crippen LogP contribution in [0.15, 0.2) is 23.8 Å². The van der Waals surface area contributed by atoms with Crippen LogP contribution in [0, 0.1) is 5.92 Å². The molecular weight excluding hydrogens is 250 g/mol. The summed E-state index contributed by atoms with van der Waals surface area (Å²) in [6, 6.07) is 6.01. The van der Waals surface area contributed by atoms with Crippen LogP contribution < -0.4 is 15.2 Å². The van der Waals surface area contributed by atoms with Gasteiger partial charge >= 0.3 is 0 Å². The predicted molar refractivity (Wildman–Crippen MR) is 83.2 cm³/mol. The Morgan fingerprint density at radius 3 is 2.45 bits per heavy atom. The van der Waals surface area contributed by atoms with Crippen molar-refractivity contribution < 1.29 is 9.47 Å². The van der Waals surface area contributed by atoms with Gasteiger partial charge in [-0.05, 0) is 36.5 Å². The molecule has 0 aromatic heterocycles. The molecule has 3 nitrogen and oxygen atoms in total. The zero-order chi connectivity index (χ0) is 14.4. The standard InChI is InChI=1S/C17H25NO2/c1-19-16-9-8-13(11-17(16)20-2)10-15(12-18)14-6-4-3-5-7-14/h8-11,14H,3-7,12,18H2,1-2H3/b15-10-. The van der Waals surface area contributed by atoms with Gasteiger partial charge in [0.05, 0.1) is 14.2 Å². The second kappa shape index (κ2) is 7.34. The lowest BCUT2D eigenvalue weighted by Crippen LogP contribution is -2.16. The summed E-state index contributed by atoms with van der Waals surface area (Å²) in [4.78, 5) is 0. The minimum Gasteiger partial charge on any atom is -0.493 e. The molecule has 2 N–H and O–H groups in total. The Hall–Kier alpha value is -1.48. The van der Waals surface area contributed by atoms with Crippen molar-refractivity contribution in [2.75, 3.05) is 20.8 Å². The summed E-state index contributed by atoms with van der Waals surface area (Å²) in [5.41, 5.74) is 8.45. The number of methoxy groups -OCH3 is 2. The molecule has 0 atom stereocenters. The van der Waals surface area contributed by atoms with Gasteiger partial charge in [0.25, 0.3) is 0 Å². The van der Waals surface area contributed by atoms with Gasteiger partial charge in [0.1, 0.15) is 0 Å². The van der Waals surface area contributed by atoms with Gasteiger partial charge in [-0.2, -0.15) is 0 Å². The van der Waals surface area contributed by atoms with Crippen molar-refractivity contribution in [2.24, 2.45) is 11.7 Å². The fourth-order valence-corrected chi connectivity index (χ4v) is 2.97. The first kappa shape index (κ1) is 14.9. The molecule has 1 aromatic rings. The Morgan fingerprint density at radius 2 is 1.85 bits per heavy atom. The molecule has 1 saturated carbocycles. The van der Waals surface area contributed by atoms with Gasteiger partial charge < -0.3 is 15.2 Å². The molecule has 110 valence electrons. The van der Waals surface area contributed by atoms with Crippen molar-refractivity contribution in [1.29, 1.82) is 0 Å². The third-order valence-electron chi connectivity index (χ3n) is 4.12. The average molecular weight is 275 g/mol. The summed E-state index contributed by atoms with van der Waals surface area (Å²) >= 11 is 0. The lowest BCUT2D eigenvalue weighted by molar-refractivity contribution is 0.355. The summed E-state index contributed by atoms with van der Waals surface area (Å²) < 4.78 is 10.6. The second-order valence-electron chi connectivity index (χ2n) is 5.37. The molecule has 1 aliphatic carbocycles. The normalized spacial score (nSPS) is 17.1. The molecule has 20 heavy (non-hydrogen) atoms. The quantitative estimate of drug-likeness (QED) is 0.892.